The molecule has 9 heteroatoms. The van der Waals surface area contributed by atoms with Crippen molar-refractivity contribution in [3.8, 4) is 11.5 Å². The molecule has 1 fully saturated rings. The van der Waals surface area contributed by atoms with E-state index in [9.17, 15) is 14.4 Å². The standard InChI is InChI=1S/C24H24ClNO6S/c1-4-30-20-12-16(10-11-19(20)32-14-17-8-6-7-9-18(17)25)13-21-22(27)26(24(29)33-21)15(3)23(28)31-5-2/h6-13,15H,4-5,14H2,1-3H3/b21-13+/t15-/m1/s1. The predicted octanol–water partition coefficient (Wildman–Crippen LogP) is 5.31. The summed E-state index contributed by atoms with van der Waals surface area (Å²) in [4.78, 5) is 38.3. The van der Waals surface area contributed by atoms with E-state index in [-0.39, 0.29) is 18.1 Å². The summed E-state index contributed by atoms with van der Waals surface area (Å²) in [6, 6.07) is 11.6. The second-order valence-corrected chi connectivity index (χ2v) is 8.40. The van der Waals surface area contributed by atoms with E-state index in [0.717, 1.165) is 22.2 Å². The summed E-state index contributed by atoms with van der Waals surface area (Å²) in [6.07, 6.45) is 1.59. The van der Waals surface area contributed by atoms with E-state index in [2.05, 4.69) is 0 Å². The molecular formula is C24H24ClNO6S. The number of nitrogens with zero attached hydrogens (tertiary/aromatic N) is 1. The van der Waals surface area contributed by atoms with E-state index < -0.39 is 23.2 Å². The van der Waals surface area contributed by atoms with Crippen LogP contribution < -0.4 is 9.47 Å². The summed E-state index contributed by atoms with van der Waals surface area (Å²) in [7, 11) is 0. The topological polar surface area (TPSA) is 82.1 Å². The Kier molecular flexibility index (Phi) is 8.41. The van der Waals surface area contributed by atoms with Gasteiger partial charge in [-0.3, -0.25) is 14.5 Å². The number of thioether (sulfide) groups is 1. The van der Waals surface area contributed by atoms with Crippen LogP contribution in [0, 0.1) is 0 Å². The van der Waals surface area contributed by atoms with Gasteiger partial charge in [-0.05, 0) is 62.4 Å². The molecule has 0 aliphatic carbocycles. The van der Waals surface area contributed by atoms with Gasteiger partial charge in [-0.15, -0.1) is 0 Å². The minimum Gasteiger partial charge on any atom is -0.490 e. The van der Waals surface area contributed by atoms with Crippen molar-refractivity contribution in [1.29, 1.82) is 0 Å². The molecule has 0 saturated carbocycles. The lowest BCUT2D eigenvalue weighted by Gasteiger charge is -2.19. The highest BCUT2D eigenvalue weighted by Gasteiger charge is 2.41. The molecule has 1 aliphatic rings. The van der Waals surface area contributed by atoms with E-state index in [0.29, 0.717) is 28.7 Å². The number of amides is 2. The minimum absolute atomic E-state index is 0.167. The second kappa shape index (κ2) is 11.2. The van der Waals surface area contributed by atoms with Crippen LogP contribution in [0.1, 0.15) is 31.9 Å². The van der Waals surface area contributed by atoms with E-state index in [4.69, 9.17) is 25.8 Å². The lowest BCUT2D eigenvalue weighted by molar-refractivity contribution is -0.150. The highest BCUT2D eigenvalue weighted by Crippen LogP contribution is 2.36. The van der Waals surface area contributed by atoms with Crippen molar-refractivity contribution in [2.75, 3.05) is 13.2 Å². The Balaban J connectivity index is 1.80. The van der Waals surface area contributed by atoms with Crippen LogP contribution >= 0.6 is 23.4 Å². The van der Waals surface area contributed by atoms with Crippen LogP contribution in [0.25, 0.3) is 6.08 Å². The molecule has 3 rings (SSSR count). The number of halogens is 1. The lowest BCUT2D eigenvalue weighted by Crippen LogP contribution is -2.42. The maximum absolute atomic E-state index is 12.8. The van der Waals surface area contributed by atoms with Gasteiger partial charge in [-0.25, -0.2) is 4.79 Å². The van der Waals surface area contributed by atoms with E-state index >= 15 is 0 Å². The van der Waals surface area contributed by atoms with Crippen LogP contribution in [-0.4, -0.2) is 41.3 Å². The van der Waals surface area contributed by atoms with Crippen LogP contribution in [0.2, 0.25) is 5.02 Å². The van der Waals surface area contributed by atoms with E-state index in [1.54, 1.807) is 37.3 Å². The number of benzene rings is 2. The first-order valence-corrected chi connectivity index (χ1v) is 11.6. The molecule has 0 spiro atoms. The molecule has 2 amide bonds. The molecule has 1 atom stereocenters. The summed E-state index contributed by atoms with van der Waals surface area (Å²) >= 11 is 6.97. The molecule has 33 heavy (non-hydrogen) atoms. The third-order valence-corrected chi connectivity index (χ3v) is 6.00. The van der Waals surface area contributed by atoms with Crippen molar-refractivity contribution >= 4 is 46.6 Å². The first-order chi connectivity index (χ1) is 15.8. The average molecular weight is 490 g/mol. The maximum atomic E-state index is 12.8. The number of carbonyl (C=O) groups is 3. The summed E-state index contributed by atoms with van der Waals surface area (Å²) < 4.78 is 16.5. The lowest BCUT2D eigenvalue weighted by atomic mass is 10.1. The van der Waals surface area contributed by atoms with Gasteiger partial charge in [-0.1, -0.05) is 35.9 Å². The molecule has 2 aromatic rings. The number of imide groups is 1. The van der Waals surface area contributed by atoms with Gasteiger partial charge in [0.05, 0.1) is 18.1 Å². The van der Waals surface area contributed by atoms with Crippen LogP contribution in [0.5, 0.6) is 11.5 Å². The Labute approximate surface area is 201 Å². The summed E-state index contributed by atoms with van der Waals surface area (Å²) in [6.45, 7) is 5.84. The van der Waals surface area contributed by atoms with Gasteiger partial charge >= 0.3 is 5.97 Å². The normalized spacial score (nSPS) is 15.6. The number of hydrogen-bond acceptors (Lipinski definition) is 7. The SMILES string of the molecule is CCOC(=O)[C@@H](C)N1C(=O)S/C(=C/c2ccc(OCc3ccccc3Cl)c(OCC)c2)C1=O. The Morgan fingerprint density at radius 3 is 2.55 bits per heavy atom. The summed E-state index contributed by atoms with van der Waals surface area (Å²) in [5.74, 6) is -0.141. The van der Waals surface area contributed by atoms with Crippen LogP contribution in [0.4, 0.5) is 4.79 Å². The number of rotatable bonds is 9. The molecule has 7 nitrogen and oxygen atoms in total. The molecule has 1 aliphatic heterocycles. The monoisotopic (exact) mass is 489 g/mol. The predicted molar refractivity (Wildman–Crippen MR) is 127 cm³/mol. The average Bonchev–Trinajstić information content (AvgIpc) is 3.06. The molecule has 1 heterocycles. The van der Waals surface area contributed by atoms with Gasteiger partial charge in [0.1, 0.15) is 12.6 Å². The van der Waals surface area contributed by atoms with Gasteiger partial charge < -0.3 is 14.2 Å². The van der Waals surface area contributed by atoms with Crippen LogP contribution in [-0.2, 0) is 20.9 Å². The molecule has 0 unspecified atom stereocenters. The van der Waals surface area contributed by atoms with Crippen LogP contribution in [0.3, 0.4) is 0 Å². The fourth-order valence-electron chi connectivity index (χ4n) is 3.11. The molecule has 2 aromatic carbocycles. The van der Waals surface area contributed by atoms with Crippen molar-refractivity contribution in [2.24, 2.45) is 0 Å². The van der Waals surface area contributed by atoms with E-state index in [1.165, 1.54) is 6.92 Å². The number of hydrogen-bond donors (Lipinski definition) is 0. The largest absolute Gasteiger partial charge is 0.490 e. The molecule has 0 N–H and O–H groups in total. The Morgan fingerprint density at radius 2 is 1.85 bits per heavy atom. The highest BCUT2D eigenvalue weighted by molar-refractivity contribution is 8.18. The van der Waals surface area contributed by atoms with Crippen molar-refractivity contribution in [3.63, 3.8) is 0 Å². The number of ether oxygens (including phenoxy) is 3. The molecule has 0 radical (unpaired) electrons. The fraction of sp³-hybridized carbons (Fsp3) is 0.292. The van der Waals surface area contributed by atoms with Gasteiger partial charge in [0.25, 0.3) is 11.1 Å². The maximum Gasteiger partial charge on any atom is 0.329 e. The first kappa shape index (κ1) is 24.7. The van der Waals surface area contributed by atoms with Crippen molar-refractivity contribution < 1.29 is 28.6 Å². The Bertz CT molecular complexity index is 1090. The first-order valence-electron chi connectivity index (χ1n) is 10.4. The van der Waals surface area contributed by atoms with Gasteiger partial charge in [0.2, 0.25) is 0 Å². The van der Waals surface area contributed by atoms with Gasteiger partial charge in [-0.2, -0.15) is 0 Å². The van der Waals surface area contributed by atoms with E-state index in [1.807, 2.05) is 25.1 Å². The molecular weight excluding hydrogens is 466 g/mol. The minimum atomic E-state index is -0.997. The molecule has 0 bridgehead atoms. The molecule has 0 aromatic heterocycles. The van der Waals surface area contributed by atoms with Gasteiger partial charge in [0, 0.05) is 10.6 Å². The smallest absolute Gasteiger partial charge is 0.329 e. The number of esters is 1. The third kappa shape index (κ3) is 5.89. The number of carbonyl (C=O) groups excluding carboxylic acids is 3. The van der Waals surface area contributed by atoms with Crippen molar-refractivity contribution in [3.05, 3.63) is 63.5 Å². The summed E-state index contributed by atoms with van der Waals surface area (Å²) in [5.41, 5.74) is 1.49. The second-order valence-electron chi connectivity index (χ2n) is 7.00. The zero-order valence-corrected chi connectivity index (χ0v) is 20.1. The molecule has 1 saturated heterocycles. The zero-order valence-electron chi connectivity index (χ0n) is 18.5. The quantitative estimate of drug-likeness (QED) is 0.349. The highest BCUT2D eigenvalue weighted by atomic mass is 35.5. The molecule has 174 valence electrons. The van der Waals surface area contributed by atoms with Gasteiger partial charge in [0.15, 0.2) is 11.5 Å². The Morgan fingerprint density at radius 1 is 1.09 bits per heavy atom. The third-order valence-electron chi connectivity index (χ3n) is 4.74. The zero-order chi connectivity index (χ0) is 24.0. The van der Waals surface area contributed by atoms with Crippen molar-refractivity contribution in [1.82, 2.24) is 4.90 Å². The fourth-order valence-corrected chi connectivity index (χ4v) is 4.20. The van der Waals surface area contributed by atoms with Crippen molar-refractivity contribution in [2.45, 2.75) is 33.4 Å². The Hall–Kier alpha value is -2.97. The van der Waals surface area contributed by atoms with Crippen LogP contribution in [0.15, 0.2) is 47.4 Å². The summed E-state index contributed by atoms with van der Waals surface area (Å²) in [5, 5.41) is 0.0939.